The van der Waals surface area contributed by atoms with Gasteiger partial charge >= 0.3 is 0 Å². The molecular weight excluding hydrogens is 365 g/mol. The van der Waals surface area contributed by atoms with Crippen molar-refractivity contribution in [3.63, 3.8) is 0 Å². The molecule has 2 nitrogen and oxygen atoms in total. The van der Waals surface area contributed by atoms with Gasteiger partial charge in [-0.1, -0.05) is 77.3 Å². The minimum absolute atomic E-state index is 0.0736. The Balaban J connectivity index is 1.87. The normalized spacial score (nSPS) is 11.8. The first-order chi connectivity index (χ1) is 12.5. The molecule has 0 amide bonds. The molecule has 0 saturated heterocycles. The van der Waals surface area contributed by atoms with Crippen LogP contribution in [0.4, 0.5) is 5.69 Å². The van der Waals surface area contributed by atoms with Crippen LogP contribution in [-0.2, 0) is 0 Å². The smallest absolute Gasteiger partial charge is 0.165 e. The zero-order chi connectivity index (χ0) is 18.5. The lowest BCUT2D eigenvalue weighted by Crippen LogP contribution is -2.16. The highest BCUT2D eigenvalue weighted by molar-refractivity contribution is 6.42. The topological polar surface area (TPSA) is 29.1 Å². The number of carbonyl (C=O) groups excluding carboxylic acids is 1. The molecule has 3 aromatic carbocycles. The van der Waals surface area contributed by atoms with E-state index in [0.29, 0.717) is 22.0 Å². The maximum absolute atomic E-state index is 12.8. The number of benzene rings is 3. The maximum atomic E-state index is 12.8. The van der Waals surface area contributed by atoms with E-state index < -0.39 is 0 Å². The summed E-state index contributed by atoms with van der Waals surface area (Å²) in [7, 11) is 0. The van der Waals surface area contributed by atoms with Gasteiger partial charge in [-0.2, -0.15) is 0 Å². The van der Waals surface area contributed by atoms with Crippen LogP contribution in [0.3, 0.4) is 0 Å². The van der Waals surface area contributed by atoms with Crippen molar-refractivity contribution in [3.8, 4) is 0 Å². The molecule has 132 valence electrons. The number of aryl methyl sites for hydroxylation is 1. The molecule has 0 aliphatic rings. The van der Waals surface area contributed by atoms with Crippen molar-refractivity contribution >= 4 is 34.7 Å². The molecule has 1 atom stereocenters. The average Bonchev–Trinajstić information content (AvgIpc) is 2.65. The van der Waals surface area contributed by atoms with Gasteiger partial charge in [0.25, 0.3) is 0 Å². The highest BCUT2D eigenvalue weighted by Crippen LogP contribution is 2.30. The summed E-state index contributed by atoms with van der Waals surface area (Å²) in [5.41, 5.74) is 3.70. The number of rotatable bonds is 6. The molecule has 0 heterocycles. The molecule has 1 N–H and O–H groups in total. The van der Waals surface area contributed by atoms with E-state index >= 15 is 0 Å². The number of hydrogen-bond acceptors (Lipinski definition) is 2. The molecule has 4 heteroatoms. The van der Waals surface area contributed by atoms with Crippen molar-refractivity contribution in [2.45, 2.75) is 19.4 Å². The lowest BCUT2D eigenvalue weighted by Gasteiger charge is -2.20. The first-order valence-electron chi connectivity index (χ1n) is 8.39. The molecule has 0 spiro atoms. The van der Waals surface area contributed by atoms with Gasteiger partial charge in [0.15, 0.2) is 5.78 Å². The Labute approximate surface area is 163 Å². The fraction of sp³-hybridized carbons (Fsp3) is 0.136. The molecule has 0 radical (unpaired) electrons. The van der Waals surface area contributed by atoms with Gasteiger partial charge in [0.1, 0.15) is 0 Å². The Morgan fingerprint density at radius 2 is 1.62 bits per heavy atom. The first kappa shape index (κ1) is 18.5. The van der Waals surface area contributed by atoms with Gasteiger partial charge in [0.05, 0.1) is 16.1 Å². The van der Waals surface area contributed by atoms with Gasteiger partial charge in [0.2, 0.25) is 0 Å². The van der Waals surface area contributed by atoms with Crippen LogP contribution in [-0.4, -0.2) is 5.78 Å². The van der Waals surface area contributed by atoms with Crippen LogP contribution in [0.1, 0.15) is 33.9 Å². The van der Waals surface area contributed by atoms with Crippen LogP contribution in [0.15, 0.2) is 72.8 Å². The molecule has 3 aromatic rings. The molecule has 1 unspecified atom stereocenters. The van der Waals surface area contributed by atoms with Gasteiger partial charge in [-0.15, -0.1) is 0 Å². The molecule has 3 rings (SSSR count). The van der Waals surface area contributed by atoms with E-state index in [1.54, 1.807) is 6.07 Å². The van der Waals surface area contributed by atoms with Crippen LogP contribution in [0, 0.1) is 6.92 Å². The van der Waals surface area contributed by atoms with Gasteiger partial charge in [-0.25, -0.2) is 0 Å². The summed E-state index contributed by atoms with van der Waals surface area (Å²) in [4.78, 5) is 12.8. The molecular formula is C22H19Cl2NO. The van der Waals surface area contributed by atoms with Crippen molar-refractivity contribution in [2.24, 2.45) is 0 Å². The zero-order valence-corrected chi connectivity index (χ0v) is 15.9. The molecule has 0 bridgehead atoms. The molecule has 0 fully saturated rings. The molecule has 26 heavy (non-hydrogen) atoms. The van der Waals surface area contributed by atoms with Crippen molar-refractivity contribution < 1.29 is 4.79 Å². The van der Waals surface area contributed by atoms with Crippen molar-refractivity contribution in [1.82, 2.24) is 0 Å². The second-order valence-corrected chi connectivity index (χ2v) is 7.04. The Morgan fingerprint density at radius 3 is 2.27 bits per heavy atom. The standard InChI is InChI=1S/C22H19Cl2NO/c1-15-7-9-16(10-8-15)22(26)14-21(25-18-5-3-2-4-6-18)17-11-12-19(23)20(24)13-17/h2-13,21,25H,14H2,1H3. The Kier molecular flexibility index (Phi) is 5.97. The quantitative estimate of drug-likeness (QED) is 0.478. The number of anilines is 1. The van der Waals surface area contributed by atoms with E-state index in [-0.39, 0.29) is 11.8 Å². The van der Waals surface area contributed by atoms with Gasteiger partial charge in [-0.05, 0) is 36.8 Å². The largest absolute Gasteiger partial charge is 0.378 e. The number of para-hydroxylation sites is 1. The van der Waals surface area contributed by atoms with Gasteiger partial charge < -0.3 is 5.32 Å². The van der Waals surface area contributed by atoms with E-state index in [0.717, 1.165) is 16.8 Å². The van der Waals surface area contributed by atoms with E-state index in [1.807, 2.05) is 73.7 Å². The van der Waals surface area contributed by atoms with Crippen molar-refractivity contribution in [1.29, 1.82) is 0 Å². The Hall–Kier alpha value is -2.29. The molecule has 0 aliphatic heterocycles. The fourth-order valence-electron chi connectivity index (χ4n) is 2.76. The summed E-state index contributed by atoms with van der Waals surface area (Å²) >= 11 is 12.2. The Bertz CT molecular complexity index is 892. The van der Waals surface area contributed by atoms with E-state index in [4.69, 9.17) is 23.2 Å². The lowest BCUT2D eigenvalue weighted by atomic mass is 9.97. The third kappa shape index (κ3) is 4.66. The zero-order valence-electron chi connectivity index (χ0n) is 14.4. The third-order valence-corrected chi connectivity index (χ3v) is 4.96. The average molecular weight is 384 g/mol. The fourth-order valence-corrected chi connectivity index (χ4v) is 3.07. The highest BCUT2D eigenvalue weighted by Gasteiger charge is 2.18. The van der Waals surface area contributed by atoms with E-state index in [9.17, 15) is 4.79 Å². The minimum atomic E-state index is -0.207. The summed E-state index contributed by atoms with van der Waals surface area (Å²) in [6.07, 6.45) is 0.315. The summed E-state index contributed by atoms with van der Waals surface area (Å²) < 4.78 is 0. The molecule has 0 aromatic heterocycles. The van der Waals surface area contributed by atoms with Gasteiger partial charge in [0, 0.05) is 17.7 Å². The monoisotopic (exact) mass is 383 g/mol. The van der Waals surface area contributed by atoms with E-state index in [1.165, 1.54) is 0 Å². The van der Waals surface area contributed by atoms with Crippen molar-refractivity contribution in [3.05, 3.63) is 99.5 Å². The number of carbonyl (C=O) groups is 1. The van der Waals surface area contributed by atoms with E-state index in [2.05, 4.69) is 5.32 Å². The SMILES string of the molecule is Cc1ccc(C(=O)CC(Nc2ccccc2)c2ccc(Cl)c(Cl)c2)cc1. The molecule has 0 aliphatic carbocycles. The summed E-state index contributed by atoms with van der Waals surface area (Å²) in [6.45, 7) is 2.00. The third-order valence-electron chi connectivity index (χ3n) is 4.22. The number of ketones is 1. The number of hydrogen-bond donors (Lipinski definition) is 1. The van der Waals surface area contributed by atoms with Crippen LogP contribution in [0.2, 0.25) is 10.0 Å². The minimum Gasteiger partial charge on any atom is -0.378 e. The van der Waals surface area contributed by atoms with Crippen LogP contribution >= 0.6 is 23.2 Å². The summed E-state index contributed by atoms with van der Waals surface area (Å²) in [5, 5.41) is 4.41. The van der Waals surface area contributed by atoms with Crippen LogP contribution in [0.25, 0.3) is 0 Å². The van der Waals surface area contributed by atoms with Crippen molar-refractivity contribution in [2.75, 3.05) is 5.32 Å². The molecule has 0 saturated carbocycles. The predicted octanol–water partition coefficient (Wildman–Crippen LogP) is 6.73. The maximum Gasteiger partial charge on any atom is 0.165 e. The summed E-state index contributed by atoms with van der Waals surface area (Å²) in [6, 6.07) is 22.7. The van der Waals surface area contributed by atoms with Gasteiger partial charge in [-0.3, -0.25) is 4.79 Å². The highest BCUT2D eigenvalue weighted by atomic mass is 35.5. The summed E-state index contributed by atoms with van der Waals surface area (Å²) in [5.74, 6) is 0.0736. The van der Waals surface area contributed by atoms with Crippen LogP contribution in [0.5, 0.6) is 0 Å². The number of nitrogens with one attached hydrogen (secondary N) is 1. The lowest BCUT2D eigenvalue weighted by molar-refractivity contribution is 0.0976. The first-order valence-corrected chi connectivity index (χ1v) is 9.15. The second kappa shape index (κ2) is 8.39. The van der Waals surface area contributed by atoms with Crippen LogP contribution < -0.4 is 5.32 Å². The predicted molar refractivity (Wildman–Crippen MR) is 109 cm³/mol. The number of Topliss-reactive ketones (excluding diaryl/α,β-unsaturated/α-hetero) is 1. The Morgan fingerprint density at radius 1 is 0.923 bits per heavy atom. The second-order valence-electron chi connectivity index (χ2n) is 6.23. The number of halogens is 2.